The van der Waals surface area contributed by atoms with Gasteiger partial charge >= 0.3 is 0 Å². The Balaban J connectivity index is 2.21. The summed E-state index contributed by atoms with van der Waals surface area (Å²) in [6.07, 6.45) is 4.77. The maximum absolute atomic E-state index is 10.7. The molecular weight excluding hydrogens is 254 g/mol. The minimum atomic E-state index is 0.680. The van der Waals surface area contributed by atoms with E-state index in [-0.39, 0.29) is 0 Å². The molecule has 0 N–H and O–H groups in total. The molecule has 0 spiro atoms. The number of rotatable bonds is 3. The highest BCUT2D eigenvalue weighted by molar-refractivity contribution is 9.10. The van der Waals surface area contributed by atoms with Crippen LogP contribution in [-0.4, -0.2) is 19.4 Å². The molecule has 0 aliphatic heterocycles. The van der Waals surface area contributed by atoms with Gasteiger partial charge in [-0.25, -0.2) is 0 Å². The number of hydrogen-bond acceptors (Lipinski definition) is 2. The molecule has 0 radical (unpaired) electrons. The topological polar surface area (TPSA) is 20.3 Å². The van der Waals surface area contributed by atoms with Crippen LogP contribution in [0.25, 0.3) is 0 Å². The lowest BCUT2D eigenvalue weighted by Gasteiger charge is -2.36. The molecule has 1 aliphatic carbocycles. The molecule has 0 bridgehead atoms. The quantitative estimate of drug-likeness (QED) is 0.784. The minimum absolute atomic E-state index is 0.680. The van der Waals surface area contributed by atoms with Gasteiger partial charge in [-0.1, -0.05) is 0 Å². The lowest BCUT2D eigenvalue weighted by molar-refractivity contribution is 0.112. The summed E-state index contributed by atoms with van der Waals surface area (Å²) in [4.78, 5) is 13.0. The summed E-state index contributed by atoms with van der Waals surface area (Å²) < 4.78 is 0.876. The van der Waals surface area contributed by atoms with Crippen LogP contribution in [0, 0.1) is 0 Å². The number of benzene rings is 1. The Kier molecular flexibility index (Phi) is 3.10. The van der Waals surface area contributed by atoms with Gasteiger partial charge in [0, 0.05) is 28.8 Å². The van der Waals surface area contributed by atoms with Gasteiger partial charge in [0.1, 0.15) is 0 Å². The molecule has 1 aromatic carbocycles. The highest BCUT2D eigenvalue weighted by atomic mass is 79.9. The van der Waals surface area contributed by atoms with Crippen LogP contribution in [0.2, 0.25) is 0 Å². The van der Waals surface area contributed by atoms with Gasteiger partial charge in [0.25, 0.3) is 0 Å². The Hall–Kier alpha value is -0.830. The van der Waals surface area contributed by atoms with Gasteiger partial charge in [-0.3, -0.25) is 4.79 Å². The highest BCUT2D eigenvalue weighted by Gasteiger charge is 2.22. The number of aldehydes is 1. The van der Waals surface area contributed by atoms with Crippen LogP contribution in [0.5, 0.6) is 0 Å². The summed E-state index contributed by atoms with van der Waals surface area (Å²) in [6.45, 7) is 0. The molecule has 2 rings (SSSR count). The third-order valence-corrected chi connectivity index (χ3v) is 3.83. The van der Waals surface area contributed by atoms with E-state index in [9.17, 15) is 4.79 Å². The molecule has 15 heavy (non-hydrogen) atoms. The van der Waals surface area contributed by atoms with Crippen molar-refractivity contribution in [3.63, 3.8) is 0 Å². The minimum Gasteiger partial charge on any atom is -0.372 e. The lowest BCUT2D eigenvalue weighted by Crippen LogP contribution is -2.37. The molecule has 0 aromatic heterocycles. The Morgan fingerprint density at radius 2 is 2.20 bits per heavy atom. The molecule has 80 valence electrons. The van der Waals surface area contributed by atoms with Gasteiger partial charge in [-0.15, -0.1) is 0 Å². The smallest absolute Gasteiger partial charge is 0.151 e. The van der Waals surface area contributed by atoms with Crippen molar-refractivity contribution in [2.75, 3.05) is 11.9 Å². The van der Waals surface area contributed by atoms with Gasteiger partial charge in [0.15, 0.2) is 6.29 Å². The monoisotopic (exact) mass is 267 g/mol. The van der Waals surface area contributed by atoms with Crippen LogP contribution < -0.4 is 4.90 Å². The number of anilines is 1. The van der Waals surface area contributed by atoms with E-state index in [2.05, 4.69) is 27.9 Å². The van der Waals surface area contributed by atoms with Crippen LogP contribution in [-0.2, 0) is 0 Å². The molecule has 0 amide bonds. The Morgan fingerprint density at radius 1 is 1.47 bits per heavy atom. The first-order valence-corrected chi connectivity index (χ1v) is 5.99. The van der Waals surface area contributed by atoms with E-state index in [0.29, 0.717) is 11.6 Å². The summed E-state index contributed by atoms with van der Waals surface area (Å²) in [7, 11) is 2.12. The second-order valence-corrected chi connectivity index (χ2v) is 4.87. The van der Waals surface area contributed by atoms with Gasteiger partial charge in [0.2, 0.25) is 0 Å². The van der Waals surface area contributed by atoms with Crippen molar-refractivity contribution in [2.45, 2.75) is 25.3 Å². The summed E-state index contributed by atoms with van der Waals surface area (Å²) in [5.41, 5.74) is 1.89. The first kappa shape index (κ1) is 10.7. The van der Waals surface area contributed by atoms with Crippen molar-refractivity contribution in [3.05, 3.63) is 28.2 Å². The maximum atomic E-state index is 10.7. The average molecular weight is 268 g/mol. The summed E-state index contributed by atoms with van der Waals surface area (Å²) in [6, 6.07) is 6.56. The zero-order valence-electron chi connectivity index (χ0n) is 8.74. The third-order valence-electron chi connectivity index (χ3n) is 3.14. The van der Waals surface area contributed by atoms with Crippen molar-refractivity contribution in [1.82, 2.24) is 0 Å². The van der Waals surface area contributed by atoms with E-state index < -0.39 is 0 Å². The van der Waals surface area contributed by atoms with E-state index in [1.807, 2.05) is 18.2 Å². The van der Waals surface area contributed by atoms with E-state index in [0.717, 1.165) is 10.8 Å². The SMILES string of the molecule is CN(c1ccc(C=O)c(Br)c1)C1CCC1. The molecule has 0 heterocycles. The van der Waals surface area contributed by atoms with E-state index in [4.69, 9.17) is 0 Å². The van der Waals surface area contributed by atoms with Crippen LogP contribution in [0.1, 0.15) is 29.6 Å². The molecule has 1 aromatic rings. The van der Waals surface area contributed by atoms with Gasteiger partial charge in [-0.2, -0.15) is 0 Å². The molecule has 0 unspecified atom stereocenters. The average Bonchev–Trinajstić information content (AvgIpc) is 2.15. The zero-order valence-corrected chi connectivity index (χ0v) is 10.3. The second kappa shape index (κ2) is 4.35. The fourth-order valence-electron chi connectivity index (χ4n) is 1.82. The summed E-state index contributed by atoms with van der Waals surface area (Å²) >= 11 is 3.41. The first-order valence-electron chi connectivity index (χ1n) is 5.20. The van der Waals surface area contributed by atoms with Crippen molar-refractivity contribution >= 4 is 27.9 Å². The van der Waals surface area contributed by atoms with Crippen molar-refractivity contribution in [1.29, 1.82) is 0 Å². The second-order valence-electron chi connectivity index (χ2n) is 4.02. The van der Waals surface area contributed by atoms with Crippen molar-refractivity contribution < 1.29 is 4.79 Å². The predicted molar refractivity (Wildman–Crippen MR) is 65.6 cm³/mol. The van der Waals surface area contributed by atoms with Crippen LogP contribution >= 0.6 is 15.9 Å². The molecular formula is C12H14BrNO. The molecule has 1 aliphatic rings. The molecule has 2 nitrogen and oxygen atoms in total. The van der Waals surface area contributed by atoms with Crippen molar-refractivity contribution in [2.24, 2.45) is 0 Å². The van der Waals surface area contributed by atoms with Gasteiger partial charge < -0.3 is 4.90 Å². The zero-order chi connectivity index (χ0) is 10.8. The Morgan fingerprint density at radius 3 is 2.67 bits per heavy atom. The van der Waals surface area contributed by atoms with E-state index in [1.54, 1.807) is 0 Å². The predicted octanol–water partition coefficient (Wildman–Crippen LogP) is 3.25. The molecule has 0 atom stereocenters. The van der Waals surface area contributed by atoms with Crippen LogP contribution in [0.15, 0.2) is 22.7 Å². The summed E-state index contributed by atoms with van der Waals surface area (Å²) in [5, 5.41) is 0. The van der Waals surface area contributed by atoms with Crippen LogP contribution in [0.4, 0.5) is 5.69 Å². The normalized spacial score (nSPS) is 15.9. The first-order chi connectivity index (χ1) is 7.22. The number of hydrogen-bond donors (Lipinski definition) is 0. The Bertz CT molecular complexity index is 374. The standard InChI is InChI=1S/C12H14BrNO/c1-14(10-3-2-4-10)11-6-5-9(8-15)12(13)7-11/h5-8,10H,2-4H2,1H3. The molecule has 3 heteroatoms. The number of carbonyl (C=O) groups is 1. The van der Waals surface area contributed by atoms with Gasteiger partial charge in [0.05, 0.1) is 0 Å². The highest BCUT2D eigenvalue weighted by Crippen LogP contribution is 2.30. The maximum Gasteiger partial charge on any atom is 0.151 e. The fourth-order valence-corrected chi connectivity index (χ4v) is 2.28. The molecule has 0 saturated heterocycles. The number of halogens is 1. The lowest BCUT2D eigenvalue weighted by atomic mass is 9.91. The largest absolute Gasteiger partial charge is 0.372 e. The van der Waals surface area contributed by atoms with Crippen molar-refractivity contribution in [3.8, 4) is 0 Å². The van der Waals surface area contributed by atoms with Crippen LogP contribution in [0.3, 0.4) is 0 Å². The number of nitrogens with zero attached hydrogens (tertiary/aromatic N) is 1. The molecule has 1 fully saturated rings. The number of carbonyl (C=O) groups excluding carboxylic acids is 1. The van der Waals surface area contributed by atoms with E-state index >= 15 is 0 Å². The van der Waals surface area contributed by atoms with Gasteiger partial charge in [-0.05, 0) is 53.4 Å². The molecule has 1 saturated carbocycles. The Labute approximate surface area is 98.4 Å². The third kappa shape index (κ3) is 2.07. The fraction of sp³-hybridized carbons (Fsp3) is 0.417. The van der Waals surface area contributed by atoms with E-state index in [1.165, 1.54) is 24.9 Å². The summed E-state index contributed by atoms with van der Waals surface area (Å²) in [5.74, 6) is 0.